The zero-order valence-electron chi connectivity index (χ0n) is 20.7. The lowest BCUT2D eigenvalue weighted by atomic mass is 10.2. The number of nitrogens with one attached hydrogen (secondary N) is 1. The van der Waals surface area contributed by atoms with Crippen LogP contribution < -0.4 is 10.1 Å². The zero-order valence-corrected chi connectivity index (χ0v) is 22.2. The molecule has 1 atom stereocenters. The van der Waals surface area contributed by atoms with Crippen molar-refractivity contribution in [3.63, 3.8) is 0 Å². The van der Waals surface area contributed by atoms with Crippen LogP contribution in [0.25, 0.3) is 0 Å². The van der Waals surface area contributed by atoms with E-state index in [0.29, 0.717) is 24.7 Å². The third kappa shape index (κ3) is 6.54. The smallest absolute Gasteiger partial charge is 0.257 e. The fourth-order valence-corrected chi connectivity index (χ4v) is 4.63. The highest BCUT2D eigenvalue weighted by Crippen LogP contribution is 2.32. The van der Waals surface area contributed by atoms with Gasteiger partial charge in [-0.2, -0.15) is 0 Å². The fourth-order valence-electron chi connectivity index (χ4n) is 4.18. The monoisotopic (exact) mass is 562 g/mol. The molecule has 10 heteroatoms. The molecule has 4 aromatic rings. The van der Waals surface area contributed by atoms with Gasteiger partial charge in [-0.05, 0) is 53.1 Å². The molecule has 8 nitrogen and oxygen atoms in total. The number of hydrogen-bond acceptors (Lipinski definition) is 6. The standard InChI is InChI=1S/C29H24Cl2N4O4/c30-22-8-9-26(24(31)13-22)39-28-23(7-4-11-33-28)27(36)34-25(18-38-17-19-5-2-1-3-6-19)29(37)35-15-20-10-12-32-14-21(20)16-35/h1-14,25H,15-18H2,(H,34,36)/t25-/m1/s1. The Bertz CT molecular complexity index is 1460. The van der Waals surface area contributed by atoms with Crippen LogP contribution in [0.5, 0.6) is 11.6 Å². The Morgan fingerprint density at radius 3 is 2.59 bits per heavy atom. The van der Waals surface area contributed by atoms with Gasteiger partial charge in [0.15, 0.2) is 0 Å². The second-order valence-corrected chi connectivity index (χ2v) is 9.74. The molecule has 1 aliphatic heterocycles. The van der Waals surface area contributed by atoms with Crippen molar-refractivity contribution in [1.29, 1.82) is 0 Å². The molecule has 2 aromatic heterocycles. The fraction of sp³-hybridized carbons (Fsp3) is 0.172. The van der Waals surface area contributed by atoms with E-state index in [4.69, 9.17) is 32.7 Å². The summed E-state index contributed by atoms with van der Waals surface area (Å²) >= 11 is 12.2. The summed E-state index contributed by atoms with van der Waals surface area (Å²) in [6, 6.07) is 18.5. The van der Waals surface area contributed by atoms with E-state index in [2.05, 4.69) is 15.3 Å². The van der Waals surface area contributed by atoms with Crippen LogP contribution in [-0.2, 0) is 29.2 Å². The van der Waals surface area contributed by atoms with E-state index in [1.165, 1.54) is 12.3 Å². The summed E-state index contributed by atoms with van der Waals surface area (Å²) in [6.45, 7) is 1.10. The molecule has 1 aliphatic rings. The van der Waals surface area contributed by atoms with Gasteiger partial charge in [-0.25, -0.2) is 4.98 Å². The number of rotatable bonds is 9. The SMILES string of the molecule is O=C(N[C@H](COCc1ccccc1)C(=O)N1Cc2ccncc2C1)c1cccnc1Oc1ccc(Cl)cc1Cl. The van der Waals surface area contributed by atoms with Crippen LogP contribution in [0.2, 0.25) is 10.0 Å². The minimum Gasteiger partial charge on any atom is -0.437 e. The van der Waals surface area contributed by atoms with Gasteiger partial charge < -0.3 is 19.7 Å². The van der Waals surface area contributed by atoms with Crippen molar-refractivity contribution in [3.8, 4) is 11.6 Å². The van der Waals surface area contributed by atoms with Crippen molar-refractivity contribution in [2.45, 2.75) is 25.7 Å². The van der Waals surface area contributed by atoms with Gasteiger partial charge in [-0.1, -0.05) is 53.5 Å². The highest BCUT2D eigenvalue weighted by atomic mass is 35.5. The van der Waals surface area contributed by atoms with Crippen LogP contribution in [0.3, 0.4) is 0 Å². The minimum atomic E-state index is -0.948. The molecule has 5 rings (SSSR count). The second kappa shape index (κ2) is 12.3. The summed E-state index contributed by atoms with van der Waals surface area (Å²) in [5.41, 5.74) is 3.09. The highest BCUT2D eigenvalue weighted by Gasteiger charge is 2.31. The molecular weight excluding hydrogens is 539 g/mol. The molecule has 2 aromatic carbocycles. The molecule has 0 fully saturated rings. The number of ether oxygens (including phenoxy) is 2. The van der Waals surface area contributed by atoms with E-state index in [1.807, 2.05) is 36.4 Å². The summed E-state index contributed by atoms with van der Waals surface area (Å²) in [7, 11) is 0. The van der Waals surface area contributed by atoms with Crippen LogP contribution in [-0.4, -0.2) is 39.3 Å². The summed E-state index contributed by atoms with van der Waals surface area (Å²) in [5, 5.41) is 3.54. The number of carbonyl (C=O) groups excluding carboxylic acids is 2. The first-order valence-corrected chi connectivity index (χ1v) is 12.9. The van der Waals surface area contributed by atoms with Crippen molar-refractivity contribution >= 4 is 35.0 Å². The van der Waals surface area contributed by atoms with Gasteiger partial charge in [-0.15, -0.1) is 0 Å². The Morgan fingerprint density at radius 1 is 0.974 bits per heavy atom. The predicted octanol–water partition coefficient (Wildman–Crippen LogP) is 5.43. The number of pyridine rings is 2. The molecule has 0 saturated heterocycles. The molecule has 0 bridgehead atoms. The van der Waals surface area contributed by atoms with Crippen LogP contribution in [0.15, 0.2) is 85.3 Å². The van der Waals surface area contributed by atoms with E-state index in [9.17, 15) is 9.59 Å². The molecule has 0 saturated carbocycles. The predicted molar refractivity (Wildman–Crippen MR) is 147 cm³/mol. The maximum absolute atomic E-state index is 13.6. The van der Waals surface area contributed by atoms with Gasteiger partial charge in [0.2, 0.25) is 11.8 Å². The maximum atomic E-state index is 13.6. The Hall–Kier alpha value is -3.98. The summed E-state index contributed by atoms with van der Waals surface area (Å²) < 4.78 is 11.7. The lowest BCUT2D eigenvalue weighted by Crippen LogP contribution is -2.49. The quantitative estimate of drug-likeness (QED) is 0.292. The average molecular weight is 563 g/mol. The summed E-state index contributed by atoms with van der Waals surface area (Å²) in [5.74, 6) is -0.478. The maximum Gasteiger partial charge on any atom is 0.257 e. The Kier molecular flexibility index (Phi) is 8.36. The van der Waals surface area contributed by atoms with Crippen molar-refractivity contribution in [2.75, 3.05) is 6.61 Å². The van der Waals surface area contributed by atoms with Gasteiger partial charge in [0.1, 0.15) is 17.4 Å². The van der Waals surface area contributed by atoms with Crippen LogP contribution in [0.1, 0.15) is 27.0 Å². The van der Waals surface area contributed by atoms with Crippen LogP contribution >= 0.6 is 23.2 Å². The molecule has 1 N–H and O–H groups in total. The van der Waals surface area contributed by atoms with Gasteiger partial charge >= 0.3 is 0 Å². The number of nitrogens with zero attached hydrogens (tertiary/aromatic N) is 3. The molecule has 0 aliphatic carbocycles. The molecule has 198 valence electrons. The van der Waals surface area contributed by atoms with Gasteiger partial charge in [0, 0.05) is 36.7 Å². The molecule has 0 spiro atoms. The third-order valence-electron chi connectivity index (χ3n) is 6.15. The Balaban J connectivity index is 1.34. The lowest BCUT2D eigenvalue weighted by molar-refractivity contribution is -0.135. The topological polar surface area (TPSA) is 93.7 Å². The van der Waals surface area contributed by atoms with Gasteiger partial charge in [-0.3, -0.25) is 14.6 Å². The van der Waals surface area contributed by atoms with Gasteiger partial charge in [0.25, 0.3) is 5.91 Å². The summed E-state index contributed by atoms with van der Waals surface area (Å²) in [4.78, 5) is 37.1. The number of aromatic nitrogens is 2. The molecule has 0 radical (unpaired) electrons. The molecular formula is C29H24Cl2N4O4. The molecule has 3 heterocycles. The third-order valence-corrected chi connectivity index (χ3v) is 6.68. The second-order valence-electron chi connectivity index (χ2n) is 8.90. The van der Waals surface area contributed by atoms with Crippen molar-refractivity contribution in [3.05, 3.63) is 118 Å². The number of benzene rings is 2. The van der Waals surface area contributed by atoms with E-state index in [-0.39, 0.29) is 34.7 Å². The number of carbonyl (C=O) groups is 2. The molecule has 39 heavy (non-hydrogen) atoms. The van der Waals surface area contributed by atoms with E-state index < -0.39 is 11.9 Å². The van der Waals surface area contributed by atoms with E-state index >= 15 is 0 Å². The normalized spacial score (nSPS) is 13.0. The number of halogens is 2. The first-order valence-electron chi connectivity index (χ1n) is 12.2. The van der Waals surface area contributed by atoms with Crippen molar-refractivity contribution in [1.82, 2.24) is 20.2 Å². The zero-order chi connectivity index (χ0) is 27.2. The largest absolute Gasteiger partial charge is 0.437 e. The number of amides is 2. The van der Waals surface area contributed by atoms with E-state index in [1.54, 1.807) is 41.6 Å². The molecule has 0 unspecified atom stereocenters. The Morgan fingerprint density at radius 2 is 1.79 bits per heavy atom. The first-order chi connectivity index (χ1) is 19.0. The minimum absolute atomic E-state index is 0.0238. The average Bonchev–Trinajstić information content (AvgIpc) is 3.39. The Labute approximate surface area is 235 Å². The van der Waals surface area contributed by atoms with Crippen LogP contribution in [0, 0.1) is 0 Å². The highest BCUT2D eigenvalue weighted by molar-refractivity contribution is 6.35. The van der Waals surface area contributed by atoms with Crippen LogP contribution in [0.4, 0.5) is 0 Å². The van der Waals surface area contributed by atoms with E-state index in [0.717, 1.165) is 16.7 Å². The first kappa shape index (κ1) is 26.6. The molecule has 2 amide bonds. The summed E-state index contributed by atoms with van der Waals surface area (Å²) in [6.07, 6.45) is 4.95. The lowest BCUT2D eigenvalue weighted by Gasteiger charge is -2.24. The number of fused-ring (bicyclic) bond motifs is 1. The van der Waals surface area contributed by atoms with Crippen molar-refractivity contribution < 1.29 is 19.1 Å². The van der Waals surface area contributed by atoms with Gasteiger partial charge in [0.05, 0.1) is 18.2 Å². The van der Waals surface area contributed by atoms with Crippen molar-refractivity contribution in [2.24, 2.45) is 0 Å². The number of hydrogen-bond donors (Lipinski definition) is 1.